The van der Waals surface area contributed by atoms with Gasteiger partial charge in [-0.3, -0.25) is 0 Å². The van der Waals surface area contributed by atoms with Crippen LogP contribution in [0.25, 0.3) is 0 Å². The van der Waals surface area contributed by atoms with Gasteiger partial charge in [0.25, 0.3) is 0 Å². The molecule has 0 fully saturated rings. The minimum Gasteiger partial charge on any atom is -0.478 e. The summed E-state index contributed by atoms with van der Waals surface area (Å²) < 4.78 is 12.6. The standard InChI is InChI=1S/C7H6FNO2/c1-4-2-3-5(7(10)11)6(8)9-4/h2-3H,1H3,(H,10,11). The van der Waals surface area contributed by atoms with Crippen LogP contribution in [0.15, 0.2) is 12.1 Å². The van der Waals surface area contributed by atoms with Crippen molar-refractivity contribution in [3.8, 4) is 0 Å². The van der Waals surface area contributed by atoms with E-state index in [2.05, 4.69) is 4.98 Å². The quantitative estimate of drug-likeness (QED) is 0.620. The number of carbonyl (C=O) groups is 1. The Hall–Kier alpha value is -1.45. The van der Waals surface area contributed by atoms with Crippen molar-refractivity contribution in [2.75, 3.05) is 0 Å². The topological polar surface area (TPSA) is 50.2 Å². The number of aromatic carboxylic acids is 1. The molecule has 58 valence electrons. The molecule has 1 N–H and O–H groups in total. The summed E-state index contributed by atoms with van der Waals surface area (Å²) in [5, 5.41) is 8.38. The first-order valence-electron chi connectivity index (χ1n) is 2.97. The third kappa shape index (κ3) is 1.52. The van der Waals surface area contributed by atoms with Gasteiger partial charge in [0.15, 0.2) is 0 Å². The monoisotopic (exact) mass is 155 g/mol. The van der Waals surface area contributed by atoms with Crippen LogP contribution in [0, 0.1) is 12.9 Å². The van der Waals surface area contributed by atoms with E-state index >= 15 is 0 Å². The maximum Gasteiger partial charge on any atom is 0.340 e. The van der Waals surface area contributed by atoms with Crippen LogP contribution in [0.5, 0.6) is 0 Å². The average Bonchev–Trinajstić information content (AvgIpc) is 1.85. The Balaban J connectivity index is 3.20. The van der Waals surface area contributed by atoms with E-state index in [1.54, 1.807) is 6.92 Å². The molecule has 0 bridgehead atoms. The molecule has 11 heavy (non-hydrogen) atoms. The minimum absolute atomic E-state index is 0.393. The lowest BCUT2D eigenvalue weighted by atomic mass is 10.2. The fourth-order valence-corrected chi connectivity index (χ4v) is 0.685. The van der Waals surface area contributed by atoms with E-state index in [0.29, 0.717) is 5.69 Å². The van der Waals surface area contributed by atoms with Crippen LogP contribution in [0.1, 0.15) is 16.1 Å². The highest BCUT2D eigenvalue weighted by Gasteiger charge is 2.09. The third-order valence-electron chi connectivity index (χ3n) is 1.22. The summed E-state index contributed by atoms with van der Waals surface area (Å²) >= 11 is 0. The molecule has 0 radical (unpaired) electrons. The minimum atomic E-state index is -1.30. The van der Waals surface area contributed by atoms with Gasteiger partial charge in [-0.2, -0.15) is 4.39 Å². The molecule has 1 aromatic heterocycles. The molecule has 0 aliphatic heterocycles. The number of carboxylic acids is 1. The van der Waals surface area contributed by atoms with Crippen molar-refractivity contribution in [3.63, 3.8) is 0 Å². The van der Waals surface area contributed by atoms with Crippen molar-refractivity contribution in [1.82, 2.24) is 4.98 Å². The highest BCUT2D eigenvalue weighted by molar-refractivity contribution is 5.87. The molecule has 0 aliphatic carbocycles. The Labute approximate surface area is 62.5 Å². The molecular weight excluding hydrogens is 149 g/mol. The Morgan fingerprint density at radius 3 is 2.73 bits per heavy atom. The Bertz CT molecular complexity index is 298. The number of rotatable bonds is 1. The number of aryl methyl sites for hydroxylation is 1. The van der Waals surface area contributed by atoms with Gasteiger partial charge in [0, 0.05) is 5.69 Å². The van der Waals surface area contributed by atoms with Crippen LogP contribution in [0.2, 0.25) is 0 Å². The zero-order valence-electron chi connectivity index (χ0n) is 5.84. The molecule has 4 heteroatoms. The summed E-state index contributed by atoms with van der Waals surface area (Å²) in [6, 6.07) is 2.65. The molecule has 0 amide bonds. The van der Waals surface area contributed by atoms with Gasteiger partial charge >= 0.3 is 5.97 Å². The van der Waals surface area contributed by atoms with E-state index < -0.39 is 17.5 Å². The maximum absolute atomic E-state index is 12.6. The van der Waals surface area contributed by atoms with E-state index in [4.69, 9.17) is 5.11 Å². The van der Waals surface area contributed by atoms with Gasteiger partial charge in [-0.15, -0.1) is 0 Å². The van der Waals surface area contributed by atoms with Crippen LogP contribution in [-0.4, -0.2) is 16.1 Å². The fourth-order valence-electron chi connectivity index (χ4n) is 0.685. The number of pyridine rings is 1. The van der Waals surface area contributed by atoms with Crippen LogP contribution in [0.4, 0.5) is 4.39 Å². The normalized spacial score (nSPS) is 9.64. The van der Waals surface area contributed by atoms with E-state index in [1.165, 1.54) is 12.1 Å². The van der Waals surface area contributed by atoms with Gasteiger partial charge in [-0.25, -0.2) is 9.78 Å². The number of hydrogen-bond donors (Lipinski definition) is 1. The lowest BCUT2D eigenvalue weighted by molar-refractivity contribution is 0.0690. The van der Waals surface area contributed by atoms with E-state index in [0.717, 1.165) is 0 Å². The molecule has 0 saturated carbocycles. The van der Waals surface area contributed by atoms with Crippen LogP contribution in [0.3, 0.4) is 0 Å². The molecule has 0 saturated heterocycles. The molecule has 1 heterocycles. The van der Waals surface area contributed by atoms with Crippen molar-refractivity contribution in [2.45, 2.75) is 6.92 Å². The van der Waals surface area contributed by atoms with Crippen molar-refractivity contribution < 1.29 is 14.3 Å². The average molecular weight is 155 g/mol. The fraction of sp³-hybridized carbons (Fsp3) is 0.143. The highest BCUT2D eigenvalue weighted by Crippen LogP contribution is 2.04. The van der Waals surface area contributed by atoms with Crippen LogP contribution < -0.4 is 0 Å². The first kappa shape index (κ1) is 7.65. The molecule has 1 rings (SSSR count). The maximum atomic E-state index is 12.6. The van der Waals surface area contributed by atoms with Gasteiger partial charge in [0.2, 0.25) is 5.95 Å². The summed E-state index contributed by atoms with van der Waals surface area (Å²) in [5.41, 5.74) is 0.0723. The molecule has 3 nitrogen and oxygen atoms in total. The van der Waals surface area contributed by atoms with Crippen molar-refractivity contribution in [1.29, 1.82) is 0 Å². The third-order valence-corrected chi connectivity index (χ3v) is 1.22. The zero-order chi connectivity index (χ0) is 8.43. The van der Waals surface area contributed by atoms with Crippen molar-refractivity contribution in [3.05, 3.63) is 29.3 Å². The second-order valence-electron chi connectivity index (χ2n) is 2.10. The van der Waals surface area contributed by atoms with Crippen molar-refractivity contribution >= 4 is 5.97 Å². The molecule has 0 unspecified atom stereocenters. The highest BCUT2D eigenvalue weighted by atomic mass is 19.1. The number of hydrogen-bond acceptors (Lipinski definition) is 2. The summed E-state index contributed by atoms with van der Waals surface area (Å²) in [5.74, 6) is -2.23. The van der Waals surface area contributed by atoms with E-state index in [9.17, 15) is 9.18 Å². The predicted molar refractivity (Wildman–Crippen MR) is 35.9 cm³/mol. The zero-order valence-corrected chi connectivity index (χ0v) is 5.84. The molecular formula is C7H6FNO2. The van der Waals surface area contributed by atoms with Crippen LogP contribution in [-0.2, 0) is 0 Å². The second kappa shape index (κ2) is 2.65. The molecule has 0 aromatic carbocycles. The molecule has 0 aliphatic rings. The Kier molecular flexibility index (Phi) is 1.85. The number of nitrogens with zero attached hydrogens (tertiary/aromatic N) is 1. The van der Waals surface area contributed by atoms with E-state index in [-0.39, 0.29) is 0 Å². The SMILES string of the molecule is Cc1ccc(C(=O)O)c(F)n1. The molecule has 0 spiro atoms. The first-order valence-corrected chi connectivity index (χ1v) is 2.97. The summed E-state index contributed by atoms with van der Waals surface area (Å²) in [6.07, 6.45) is 0. The summed E-state index contributed by atoms with van der Waals surface area (Å²) in [6.45, 7) is 1.59. The van der Waals surface area contributed by atoms with Gasteiger partial charge in [0.1, 0.15) is 5.56 Å². The number of aromatic nitrogens is 1. The predicted octanol–water partition coefficient (Wildman–Crippen LogP) is 1.23. The van der Waals surface area contributed by atoms with Crippen molar-refractivity contribution in [2.24, 2.45) is 0 Å². The van der Waals surface area contributed by atoms with Gasteiger partial charge in [-0.1, -0.05) is 0 Å². The van der Waals surface area contributed by atoms with Gasteiger partial charge in [0.05, 0.1) is 0 Å². The first-order chi connectivity index (χ1) is 5.11. The summed E-state index contributed by atoms with van der Waals surface area (Å²) in [7, 11) is 0. The lowest BCUT2D eigenvalue weighted by Gasteiger charge is -1.95. The number of halogens is 1. The Morgan fingerprint density at radius 1 is 1.64 bits per heavy atom. The van der Waals surface area contributed by atoms with Gasteiger partial charge in [-0.05, 0) is 19.1 Å². The summed E-state index contributed by atoms with van der Waals surface area (Å²) in [4.78, 5) is 13.6. The number of carboxylic acid groups (broad SMARTS) is 1. The largest absolute Gasteiger partial charge is 0.478 e. The van der Waals surface area contributed by atoms with Crippen LogP contribution >= 0.6 is 0 Å². The Morgan fingerprint density at radius 2 is 2.27 bits per heavy atom. The van der Waals surface area contributed by atoms with Gasteiger partial charge < -0.3 is 5.11 Å². The van der Waals surface area contributed by atoms with E-state index in [1.807, 2.05) is 0 Å². The lowest BCUT2D eigenvalue weighted by Crippen LogP contribution is -2.02. The second-order valence-corrected chi connectivity index (χ2v) is 2.10. The molecule has 1 aromatic rings. The molecule has 0 atom stereocenters. The smallest absolute Gasteiger partial charge is 0.340 e.